The van der Waals surface area contributed by atoms with Crippen molar-refractivity contribution >= 4 is 22.8 Å². The first-order valence-corrected chi connectivity index (χ1v) is 7.30. The number of ether oxygens (including phenoxy) is 1. The topological polar surface area (TPSA) is 59.7 Å². The van der Waals surface area contributed by atoms with Crippen LogP contribution in [0.25, 0.3) is 17.0 Å². The third kappa shape index (κ3) is 2.11. The van der Waals surface area contributed by atoms with E-state index in [1.807, 2.05) is 24.3 Å². The van der Waals surface area contributed by atoms with Gasteiger partial charge in [0, 0.05) is 28.5 Å². The standard InChI is InChI=1S/C19H14O4/c1-22-17-7-2-4-11-8-13(23-19(11)17)9-12-10-15-14(18(12)21)5-3-6-16(15)20/h2-9,20H,10H2,1H3. The van der Waals surface area contributed by atoms with E-state index in [4.69, 9.17) is 9.15 Å². The fourth-order valence-electron chi connectivity index (χ4n) is 2.99. The molecule has 0 spiro atoms. The number of phenols is 1. The highest BCUT2D eigenvalue weighted by atomic mass is 16.5. The smallest absolute Gasteiger partial charge is 0.189 e. The number of methoxy groups -OCH3 is 1. The van der Waals surface area contributed by atoms with Crippen LogP contribution in [0.5, 0.6) is 11.5 Å². The van der Waals surface area contributed by atoms with Gasteiger partial charge in [-0.05, 0) is 24.3 Å². The molecule has 0 radical (unpaired) electrons. The van der Waals surface area contributed by atoms with Crippen LogP contribution in [-0.2, 0) is 6.42 Å². The van der Waals surface area contributed by atoms with Crippen molar-refractivity contribution in [1.29, 1.82) is 0 Å². The fraction of sp³-hybridized carbons (Fsp3) is 0.105. The number of carbonyl (C=O) groups excluding carboxylic acids is 1. The lowest BCUT2D eigenvalue weighted by atomic mass is 10.1. The molecular formula is C19H14O4. The lowest BCUT2D eigenvalue weighted by molar-refractivity contribution is 0.104. The summed E-state index contributed by atoms with van der Waals surface area (Å²) < 4.78 is 11.1. The minimum atomic E-state index is -0.0664. The summed E-state index contributed by atoms with van der Waals surface area (Å²) in [6.45, 7) is 0. The summed E-state index contributed by atoms with van der Waals surface area (Å²) in [4.78, 5) is 12.4. The third-order valence-electron chi connectivity index (χ3n) is 4.12. The molecule has 0 fully saturated rings. The number of ketones is 1. The monoisotopic (exact) mass is 306 g/mol. The zero-order valence-electron chi connectivity index (χ0n) is 12.5. The maximum atomic E-state index is 12.4. The van der Waals surface area contributed by atoms with E-state index in [-0.39, 0.29) is 11.5 Å². The second-order valence-electron chi connectivity index (χ2n) is 5.51. The summed E-state index contributed by atoms with van der Waals surface area (Å²) >= 11 is 0. The Morgan fingerprint density at radius 3 is 2.83 bits per heavy atom. The third-order valence-corrected chi connectivity index (χ3v) is 4.12. The first-order chi connectivity index (χ1) is 11.2. The molecule has 0 bridgehead atoms. The summed E-state index contributed by atoms with van der Waals surface area (Å²) in [5.41, 5.74) is 2.51. The van der Waals surface area contributed by atoms with Crippen molar-refractivity contribution in [3.8, 4) is 11.5 Å². The van der Waals surface area contributed by atoms with Crippen LogP contribution in [0.1, 0.15) is 21.7 Å². The van der Waals surface area contributed by atoms with Gasteiger partial charge in [-0.3, -0.25) is 4.79 Å². The van der Waals surface area contributed by atoms with E-state index >= 15 is 0 Å². The van der Waals surface area contributed by atoms with Crippen molar-refractivity contribution in [2.24, 2.45) is 0 Å². The number of furan rings is 1. The first-order valence-electron chi connectivity index (χ1n) is 7.30. The summed E-state index contributed by atoms with van der Waals surface area (Å²) in [5, 5.41) is 10.8. The summed E-state index contributed by atoms with van der Waals surface area (Å²) in [6, 6.07) is 12.5. The number of fused-ring (bicyclic) bond motifs is 2. The minimum absolute atomic E-state index is 0.0664. The molecule has 3 aromatic rings. The van der Waals surface area contributed by atoms with Crippen LogP contribution in [-0.4, -0.2) is 18.0 Å². The van der Waals surface area contributed by atoms with Gasteiger partial charge in [0.25, 0.3) is 0 Å². The number of hydrogen-bond acceptors (Lipinski definition) is 4. The number of phenolic OH excluding ortho intramolecular Hbond substituents is 1. The Labute approximate surface area is 132 Å². The van der Waals surface area contributed by atoms with Gasteiger partial charge in [-0.1, -0.05) is 24.3 Å². The van der Waals surface area contributed by atoms with Gasteiger partial charge in [0.2, 0.25) is 0 Å². The van der Waals surface area contributed by atoms with Crippen molar-refractivity contribution < 1.29 is 19.1 Å². The van der Waals surface area contributed by atoms with Gasteiger partial charge in [0.1, 0.15) is 11.5 Å². The van der Waals surface area contributed by atoms with Crippen molar-refractivity contribution in [3.63, 3.8) is 0 Å². The number of allylic oxidation sites excluding steroid dienone is 1. The predicted octanol–water partition coefficient (Wildman–Crippen LogP) is 3.97. The molecule has 0 atom stereocenters. The van der Waals surface area contributed by atoms with Gasteiger partial charge in [-0.2, -0.15) is 0 Å². The maximum Gasteiger partial charge on any atom is 0.189 e. The number of aromatic hydroxyl groups is 1. The van der Waals surface area contributed by atoms with Crippen LogP contribution in [0.15, 0.2) is 52.5 Å². The van der Waals surface area contributed by atoms with E-state index in [1.54, 1.807) is 31.4 Å². The van der Waals surface area contributed by atoms with Gasteiger partial charge >= 0.3 is 0 Å². The zero-order valence-corrected chi connectivity index (χ0v) is 12.5. The molecule has 0 saturated heterocycles. The fourth-order valence-corrected chi connectivity index (χ4v) is 2.99. The molecule has 1 N–H and O–H groups in total. The SMILES string of the molecule is COc1cccc2cc(C=C3Cc4c(O)cccc4C3=O)oc12. The molecule has 0 unspecified atom stereocenters. The Balaban J connectivity index is 1.78. The van der Waals surface area contributed by atoms with Crippen LogP contribution in [0.3, 0.4) is 0 Å². The summed E-state index contributed by atoms with van der Waals surface area (Å²) in [7, 11) is 1.59. The largest absolute Gasteiger partial charge is 0.508 e. The van der Waals surface area contributed by atoms with Gasteiger partial charge < -0.3 is 14.3 Å². The van der Waals surface area contributed by atoms with Crippen LogP contribution < -0.4 is 4.74 Å². The molecule has 1 aliphatic rings. The first kappa shape index (κ1) is 13.6. The van der Waals surface area contributed by atoms with E-state index in [9.17, 15) is 9.90 Å². The molecule has 114 valence electrons. The Kier molecular flexibility index (Phi) is 2.98. The number of benzene rings is 2. The molecule has 1 aromatic heterocycles. The average Bonchev–Trinajstić information content (AvgIpc) is 3.10. The van der Waals surface area contributed by atoms with Gasteiger partial charge in [-0.25, -0.2) is 0 Å². The highest BCUT2D eigenvalue weighted by Gasteiger charge is 2.27. The Hall–Kier alpha value is -3.01. The normalized spacial score (nSPS) is 15.3. The van der Waals surface area contributed by atoms with E-state index in [0.29, 0.717) is 40.2 Å². The molecule has 4 heteroatoms. The van der Waals surface area contributed by atoms with Gasteiger partial charge in [0.15, 0.2) is 17.1 Å². The highest BCUT2D eigenvalue weighted by Crippen LogP contribution is 2.35. The number of Topliss-reactive ketones (excluding diaryl/α,β-unsaturated/α-hetero) is 1. The van der Waals surface area contributed by atoms with Crippen molar-refractivity contribution in [2.45, 2.75) is 6.42 Å². The van der Waals surface area contributed by atoms with Crippen molar-refractivity contribution in [2.75, 3.05) is 7.11 Å². The molecule has 1 heterocycles. The van der Waals surface area contributed by atoms with Gasteiger partial charge in [-0.15, -0.1) is 0 Å². The molecule has 0 amide bonds. The highest BCUT2D eigenvalue weighted by molar-refractivity contribution is 6.16. The van der Waals surface area contributed by atoms with Crippen LogP contribution in [0.2, 0.25) is 0 Å². The number of carbonyl (C=O) groups is 1. The molecule has 1 aliphatic carbocycles. The van der Waals surface area contributed by atoms with E-state index in [2.05, 4.69) is 0 Å². The number of para-hydroxylation sites is 1. The molecule has 2 aromatic carbocycles. The molecule has 4 rings (SSSR count). The second-order valence-corrected chi connectivity index (χ2v) is 5.51. The number of rotatable bonds is 2. The Morgan fingerprint density at radius 2 is 2.04 bits per heavy atom. The van der Waals surface area contributed by atoms with E-state index in [1.165, 1.54) is 0 Å². The quantitative estimate of drug-likeness (QED) is 0.728. The van der Waals surface area contributed by atoms with Crippen LogP contribution in [0.4, 0.5) is 0 Å². The van der Waals surface area contributed by atoms with Crippen molar-refractivity contribution in [3.05, 3.63) is 64.9 Å². The molecule has 23 heavy (non-hydrogen) atoms. The predicted molar refractivity (Wildman–Crippen MR) is 86.9 cm³/mol. The number of hydrogen-bond donors (Lipinski definition) is 1. The Morgan fingerprint density at radius 1 is 1.22 bits per heavy atom. The lowest BCUT2D eigenvalue weighted by Crippen LogP contribution is -1.94. The van der Waals surface area contributed by atoms with Crippen LogP contribution >= 0.6 is 0 Å². The van der Waals surface area contributed by atoms with E-state index < -0.39 is 0 Å². The average molecular weight is 306 g/mol. The zero-order chi connectivity index (χ0) is 16.0. The lowest BCUT2D eigenvalue weighted by Gasteiger charge is -1.98. The molecule has 0 aliphatic heterocycles. The second kappa shape index (κ2) is 5.02. The van der Waals surface area contributed by atoms with Crippen molar-refractivity contribution in [1.82, 2.24) is 0 Å². The van der Waals surface area contributed by atoms with E-state index in [0.717, 1.165) is 5.39 Å². The molecule has 0 saturated carbocycles. The minimum Gasteiger partial charge on any atom is -0.508 e. The van der Waals surface area contributed by atoms with Crippen LogP contribution in [0, 0.1) is 0 Å². The molecule has 4 nitrogen and oxygen atoms in total. The summed E-state index contributed by atoms with van der Waals surface area (Å²) in [6.07, 6.45) is 2.15. The molecular weight excluding hydrogens is 292 g/mol. The van der Waals surface area contributed by atoms with Gasteiger partial charge in [0.05, 0.1) is 7.11 Å². The maximum absolute atomic E-state index is 12.4. The Bertz CT molecular complexity index is 963. The summed E-state index contributed by atoms with van der Waals surface area (Å²) in [5.74, 6) is 1.35.